The maximum absolute atomic E-state index is 5.95. The minimum Gasteiger partial charge on any atom is -0.419 e. The van der Waals surface area contributed by atoms with E-state index in [9.17, 15) is 0 Å². The van der Waals surface area contributed by atoms with Gasteiger partial charge in [0.05, 0.1) is 6.54 Å². The molecule has 2 aromatic rings. The predicted molar refractivity (Wildman–Crippen MR) is 110 cm³/mol. The van der Waals surface area contributed by atoms with Crippen LogP contribution in [-0.2, 0) is 6.54 Å². The Labute approximate surface area is 170 Å². The van der Waals surface area contributed by atoms with Crippen LogP contribution in [0, 0.1) is 5.92 Å². The molecular weight excluding hydrogens is 380 g/mol. The fraction of sp³-hybridized carbons (Fsp3) is 0.550. The molecule has 2 aliphatic carbocycles. The summed E-state index contributed by atoms with van der Waals surface area (Å²) in [5.41, 5.74) is 0.868. The fourth-order valence-corrected chi connectivity index (χ4v) is 4.19. The lowest BCUT2D eigenvalue weighted by molar-refractivity contribution is 0.287. The Kier molecular flexibility index (Phi) is 5.64. The highest BCUT2D eigenvalue weighted by atomic mass is 35.5. The van der Waals surface area contributed by atoms with Crippen molar-refractivity contribution in [3.05, 3.63) is 35.2 Å². The monoisotopic (exact) mass is 404 g/mol. The third-order valence-corrected chi connectivity index (χ3v) is 6.14. The number of aromatic nitrogens is 2. The van der Waals surface area contributed by atoms with Crippen molar-refractivity contribution in [2.75, 3.05) is 0 Å². The Morgan fingerprint density at radius 3 is 2.63 bits per heavy atom. The molecule has 1 heterocycles. The first-order valence-electron chi connectivity index (χ1n) is 9.75. The minimum atomic E-state index is 0.472. The summed E-state index contributed by atoms with van der Waals surface area (Å²) in [6.07, 6.45) is 7.41. The quantitative estimate of drug-likeness (QED) is 0.722. The first-order valence-corrected chi connectivity index (χ1v) is 10.5. The van der Waals surface area contributed by atoms with Crippen molar-refractivity contribution in [2.45, 2.75) is 64.1 Å². The summed E-state index contributed by atoms with van der Waals surface area (Å²) in [4.78, 5) is 2.22. The van der Waals surface area contributed by atoms with E-state index in [0.717, 1.165) is 10.7 Å². The van der Waals surface area contributed by atoms with Gasteiger partial charge in [0.25, 0.3) is 0 Å². The van der Waals surface area contributed by atoms with E-state index in [1.807, 2.05) is 24.3 Å². The SMILES string of the molecule is C[C@H]1CCCC[C@H]1NC(=S)N(Cc1nnc(-c2ccc(Cl)cc2)o1)C1CC1. The summed E-state index contributed by atoms with van der Waals surface area (Å²) >= 11 is 11.7. The number of nitrogens with one attached hydrogen (secondary N) is 1. The van der Waals surface area contributed by atoms with Crippen molar-refractivity contribution in [3.8, 4) is 11.5 Å². The van der Waals surface area contributed by atoms with Crippen LogP contribution in [0.1, 0.15) is 51.3 Å². The van der Waals surface area contributed by atoms with Gasteiger partial charge in [-0.05, 0) is 68.1 Å². The maximum Gasteiger partial charge on any atom is 0.247 e. The van der Waals surface area contributed by atoms with Crippen LogP contribution < -0.4 is 5.32 Å². The van der Waals surface area contributed by atoms with Gasteiger partial charge in [-0.15, -0.1) is 10.2 Å². The molecule has 0 spiro atoms. The molecule has 2 atom stereocenters. The number of benzene rings is 1. The molecule has 4 rings (SSSR count). The molecule has 1 aromatic carbocycles. The standard InChI is InChI=1S/C20H25ClN4OS/c1-13-4-2-3-5-17(13)22-20(27)25(16-10-11-16)12-18-23-24-19(26-18)14-6-8-15(21)9-7-14/h6-9,13,16-17H,2-5,10-12H2,1H3,(H,22,27)/t13-,17+/m0/s1. The molecule has 5 nitrogen and oxygen atoms in total. The van der Waals surface area contributed by atoms with Gasteiger partial charge in [-0.1, -0.05) is 31.4 Å². The summed E-state index contributed by atoms with van der Waals surface area (Å²) in [7, 11) is 0. The van der Waals surface area contributed by atoms with E-state index in [0.29, 0.717) is 41.4 Å². The Morgan fingerprint density at radius 1 is 1.19 bits per heavy atom. The van der Waals surface area contributed by atoms with Gasteiger partial charge < -0.3 is 14.6 Å². The Balaban J connectivity index is 1.43. The molecule has 0 bridgehead atoms. The predicted octanol–water partition coefficient (Wildman–Crippen LogP) is 4.81. The lowest BCUT2D eigenvalue weighted by Gasteiger charge is -2.33. The van der Waals surface area contributed by atoms with E-state index in [-0.39, 0.29) is 0 Å². The van der Waals surface area contributed by atoms with Gasteiger partial charge >= 0.3 is 0 Å². The summed E-state index contributed by atoms with van der Waals surface area (Å²) in [5, 5.41) is 13.5. The van der Waals surface area contributed by atoms with E-state index in [4.69, 9.17) is 28.2 Å². The Bertz CT molecular complexity index is 790. The molecule has 7 heteroatoms. The number of halogens is 1. The molecule has 144 valence electrons. The highest BCUT2D eigenvalue weighted by Crippen LogP contribution is 2.30. The second-order valence-corrected chi connectivity index (χ2v) is 8.51. The second kappa shape index (κ2) is 8.15. The van der Waals surface area contributed by atoms with Crippen LogP contribution >= 0.6 is 23.8 Å². The fourth-order valence-electron chi connectivity index (χ4n) is 3.70. The molecule has 0 aliphatic heterocycles. The minimum absolute atomic E-state index is 0.472. The number of nitrogens with zero attached hydrogens (tertiary/aromatic N) is 3. The third kappa shape index (κ3) is 4.61. The van der Waals surface area contributed by atoms with Crippen molar-refractivity contribution >= 4 is 28.9 Å². The van der Waals surface area contributed by atoms with Gasteiger partial charge in [0.15, 0.2) is 5.11 Å². The van der Waals surface area contributed by atoms with Crippen LogP contribution in [0.25, 0.3) is 11.5 Å². The zero-order valence-corrected chi connectivity index (χ0v) is 17.1. The topological polar surface area (TPSA) is 54.2 Å². The van der Waals surface area contributed by atoms with E-state index in [2.05, 4.69) is 27.3 Å². The molecule has 2 aliphatic rings. The molecule has 1 N–H and O–H groups in total. The van der Waals surface area contributed by atoms with Crippen LogP contribution in [0.4, 0.5) is 0 Å². The summed E-state index contributed by atoms with van der Waals surface area (Å²) in [6.45, 7) is 2.87. The summed E-state index contributed by atoms with van der Waals surface area (Å²) in [6, 6.07) is 8.36. The third-order valence-electron chi connectivity index (χ3n) is 5.53. The van der Waals surface area contributed by atoms with Gasteiger partial charge in [0.2, 0.25) is 11.8 Å². The number of hydrogen-bond acceptors (Lipinski definition) is 4. The number of hydrogen-bond donors (Lipinski definition) is 1. The summed E-state index contributed by atoms with van der Waals surface area (Å²) in [5.74, 6) is 1.77. The summed E-state index contributed by atoms with van der Waals surface area (Å²) < 4.78 is 5.88. The van der Waals surface area contributed by atoms with Crippen LogP contribution in [-0.4, -0.2) is 32.3 Å². The molecular formula is C20H25ClN4OS. The van der Waals surface area contributed by atoms with E-state index >= 15 is 0 Å². The van der Waals surface area contributed by atoms with Crippen molar-refractivity contribution in [3.63, 3.8) is 0 Å². The zero-order valence-electron chi connectivity index (χ0n) is 15.5. The average molecular weight is 405 g/mol. The average Bonchev–Trinajstić information content (AvgIpc) is 3.40. The smallest absolute Gasteiger partial charge is 0.247 e. The van der Waals surface area contributed by atoms with E-state index in [1.165, 1.54) is 38.5 Å². The lowest BCUT2D eigenvalue weighted by Crippen LogP contribution is -2.48. The van der Waals surface area contributed by atoms with Crippen molar-refractivity contribution < 1.29 is 4.42 Å². The highest BCUT2D eigenvalue weighted by Gasteiger charge is 2.33. The first-order chi connectivity index (χ1) is 13.1. The first kappa shape index (κ1) is 18.7. The van der Waals surface area contributed by atoms with Crippen LogP contribution in [0.15, 0.2) is 28.7 Å². The van der Waals surface area contributed by atoms with Gasteiger partial charge in [0, 0.05) is 22.7 Å². The van der Waals surface area contributed by atoms with Crippen molar-refractivity contribution in [1.82, 2.24) is 20.4 Å². The van der Waals surface area contributed by atoms with Gasteiger partial charge in [-0.3, -0.25) is 0 Å². The van der Waals surface area contributed by atoms with Crippen molar-refractivity contribution in [2.24, 2.45) is 5.92 Å². The maximum atomic E-state index is 5.95. The van der Waals surface area contributed by atoms with E-state index < -0.39 is 0 Å². The molecule has 0 amide bonds. The van der Waals surface area contributed by atoms with Gasteiger partial charge in [0.1, 0.15) is 0 Å². The lowest BCUT2D eigenvalue weighted by atomic mass is 9.86. The molecule has 0 radical (unpaired) electrons. The molecule has 0 saturated heterocycles. The van der Waals surface area contributed by atoms with Crippen LogP contribution in [0.2, 0.25) is 5.02 Å². The largest absolute Gasteiger partial charge is 0.419 e. The normalized spacial score (nSPS) is 22.4. The Hall–Kier alpha value is -1.66. The van der Waals surface area contributed by atoms with Gasteiger partial charge in [-0.2, -0.15) is 0 Å². The second-order valence-electron chi connectivity index (χ2n) is 7.68. The highest BCUT2D eigenvalue weighted by molar-refractivity contribution is 7.80. The van der Waals surface area contributed by atoms with Gasteiger partial charge in [-0.25, -0.2) is 0 Å². The van der Waals surface area contributed by atoms with Crippen LogP contribution in [0.5, 0.6) is 0 Å². The molecule has 2 saturated carbocycles. The van der Waals surface area contributed by atoms with Crippen molar-refractivity contribution in [1.29, 1.82) is 0 Å². The Morgan fingerprint density at radius 2 is 1.93 bits per heavy atom. The molecule has 0 unspecified atom stereocenters. The molecule has 27 heavy (non-hydrogen) atoms. The molecule has 2 fully saturated rings. The number of rotatable bonds is 5. The number of thiocarbonyl (C=S) groups is 1. The van der Waals surface area contributed by atoms with E-state index in [1.54, 1.807) is 0 Å². The zero-order chi connectivity index (χ0) is 18.8. The molecule has 1 aromatic heterocycles. The van der Waals surface area contributed by atoms with Crippen LogP contribution in [0.3, 0.4) is 0 Å².